The summed E-state index contributed by atoms with van der Waals surface area (Å²) < 4.78 is 13.7. The average Bonchev–Trinajstić information content (AvgIpc) is 3.24. The lowest BCUT2D eigenvalue weighted by Crippen LogP contribution is -2.35. The Bertz CT molecular complexity index is 725. The molecular formula is C24H37N3O3. The number of aromatic nitrogens is 2. The molecule has 0 N–H and O–H groups in total. The minimum absolute atomic E-state index is 0.178. The number of rotatable bonds is 14. The van der Waals surface area contributed by atoms with E-state index in [1.165, 1.54) is 0 Å². The molecule has 1 aromatic carbocycles. The van der Waals surface area contributed by atoms with Gasteiger partial charge in [-0.05, 0) is 62.8 Å². The summed E-state index contributed by atoms with van der Waals surface area (Å²) >= 11 is 0. The number of benzene rings is 1. The van der Waals surface area contributed by atoms with Crippen LogP contribution in [0.2, 0.25) is 0 Å². The van der Waals surface area contributed by atoms with Crippen molar-refractivity contribution in [2.24, 2.45) is 5.41 Å². The van der Waals surface area contributed by atoms with Crippen molar-refractivity contribution in [3.8, 4) is 11.5 Å². The van der Waals surface area contributed by atoms with E-state index in [1.54, 1.807) is 4.90 Å². The first-order valence-corrected chi connectivity index (χ1v) is 10.9. The van der Waals surface area contributed by atoms with Crippen LogP contribution in [-0.4, -0.2) is 47.7 Å². The minimum Gasteiger partial charge on any atom is -0.494 e. The van der Waals surface area contributed by atoms with Crippen molar-refractivity contribution in [2.45, 2.75) is 58.9 Å². The molecule has 0 atom stereocenters. The van der Waals surface area contributed by atoms with Crippen LogP contribution in [0, 0.1) is 5.41 Å². The molecule has 0 bridgehead atoms. The standard InChI is InChI=1S/C24H37N3O3/c1-24(2,23(28)26(3)4)14-6-9-19-30-22-12-10-21(11-13-22)29-18-8-5-7-16-27-17-15-25-20-27/h10-13,15,17,20H,5-9,14,16,18-19H2,1-4H3. The Labute approximate surface area is 181 Å². The highest BCUT2D eigenvalue weighted by Crippen LogP contribution is 2.25. The maximum Gasteiger partial charge on any atom is 0.227 e. The SMILES string of the molecule is CN(C)C(=O)C(C)(C)CCCCOc1ccc(OCCCCCn2ccnc2)cc1. The number of carbonyl (C=O) groups is 1. The molecule has 166 valence electrons. The Balaban J connectivity index is 1.54. The van der Waals surface area contributed by atoms with Gasteiger partial charge in [0.25, 0.3) is 0 Å². The highest BCUT2D eigenvalue weighted by atomic mass is 16.5. The van der Waals surface area contributed by atoms with Gasteiger partial charge in [-0.15, -0.1) is 0 Å². The second-order valence-electron chi connectivity index (χ2n) is 8.57. The molecule has 0 unspecified atom stereocenters. The Morgan fingerprint density at radius 2 is 1.57 bits per heavy atom. The molecule has 0 radical (unpaired) electrons. The molecule has 0 fully saturated rings. The van der Waals surface area contributed by atoms with Crippen molar-refractivity contribution in [3.05, 3.63) is 43.0 Å². The summed E-state index contributed by atoms with van der Waals surface area (Å²) in [6, 6.07) is 7.82. The lowest BCUT2D eigenvalue weighted by molar-refractivity contribution is -0.138. The first-order chi connectivity index (χ1) is 14.4. The third-order valence-corrected chi connectivity index (χ3v) is 5.16. The van der Waals surface area contributed by atoms with E-state index in [0.717, 1.165) is 63.2 Å². The highest BCUT2D eigenvalue weighted by molar-refractivity contribution is 5.81. The van der Waals surface area contributed by atoms with Crippen LogP contribution in [0.25, 0.3) is 0 Å². The molecule has 6 nitrogen and oxygen atoms in total. The van der Waals surface area contributed by atoms with Crippen LogP contribution < -0.4 is 9.47 Å². The summed E-state index contributed by atoms with van der Waals surface area (Å²) in [6.45, 7) is 6.41. The molecule has 0 saturated carbocycles. The fourth-order valence-corrected chi connectivity index (χ4v) is 3.39. The molecule has 2 rings (SSSR count). The molecule has 0 aliphatic carbocycles. The number of unbranched alkanes of at least 4 members (excludes halogenated alkanes) is 3. The van der Waals surface area contributed by atoms with Gasteiger partial charge in [-0.1, -0.05) is 13.8 Å². The van der Waals surface area contributed by atoms with Gasteiger partial charge >= 0.3 is 0 Å². The van der Waals surface area contributed by atoms with Crippen LogP contribution in [0.4, 0.5) is 0 Å². The molecule has 0 aliphatic rings. The van der Waals surface area contributed by atoms with E-state index >= 15 is 0 Å². The third-order valence-electron chi connectivity index (χ3n) is 5.16. The van der Waals surface area contributed by atoms with Crippen molar-refractivity contribution in [1.82, 2.24) is 14.5 Å². The van der Waals surface area contributed by atoms with E-state index in [1.807, 2.05) is 70.9 Å². The number of aryl methyl sites for hydroxylation is 1. The highest BCUT2D eigenvalue weighted by Gasteiger charge is 2.28. The number of imidazole rings is 1. The lowest BCUT2D eigenvalue weighted by atomic mass is 9.86. The third kappa shape index (κ3) is 8.47. The van der Waals surface area contributed by atoms with E-state index in [2.05, 4.69) is 9.55 Å². The predicted molar refractivity (Wildman–Crippen MR) is 120 cm³/mol. The molecule has 0 spiro atoms. The van der Waals surface area contributed by atoms with Gasteiger partial charge in [0.2, 0.25) is 5.91 Å². The molecule has 6 heteroatoms. The largest absolute Gasteiger partial charge is 0.494 e. The van der Waals surface area contributed by atoms with Crippen molar-refractivity contribution in [2.75, 3.05) is 27.3 Å². The Morgan fingerprint density at radius 3 is 2.10 bits per heavy atom. The fraction of sp³-hybridized carbons (Fsp3) is 0.583. The number of ether oxygens (including phenoxy) is 2. The zero-order chi connectivity index (χ0) is 21.8. The number of nitrogens with zero attached hydrogens (tertiary/aromatic N) is 3. The molecule has 0 saturated heterocycles. The maximum atomic E-state index is 12.1. The van der Waals surface area contributed by atoms with Crippen LogP contribution in [-0.2, 0) is 11.3 Å². The number of hydrogen-bond acceptors (Lipinski definition) is 4. The van der Waals surface area contributed by atoms with Crippen LogP contribution in [0.3, 0.4) is 0 Å². The van der Waals surface area contributed by atoms with Gasteiger partial charge in [-0.25, -0.2) is 4.98 Å². The van der Waals surface area contributed by atoms with Gasteiger partial charge < -0.3 is 18.9 Å². The number of hydrogen-bond donors (Lipinski definition) is 0. The monoisotopic (exact) mass is 415 g/mol. The summed E-state index contributed by atoms with van der Waals surface area (Å²) in [5.74, 6) is 1.91. The first kappa shape index (κ1) is 23.8. The van der Waals surface area contributed by atoms with Crippen molar-refractivity contribution in [1.29, 1.82) is 0 Å². The normalized spacial score (nSPS) is 11.3. The Hall–Kier alpha value is -2.50. The van der Waals surface area contributed by atoms with Gasteiger partial charge in [0.05, 0.1) is 19.5 Å². The number of carbonyl (C=O) groups excluding carboxylic acids is 1. The smallest absolute Gasteiger partial charge is 0.227 e. The van der Waals surface area contributed by atoms with Crippen LogP contribution in [0.5, 0.6) is 11.5 Å². The topological polar surface area (TPSA) is 56.6 Å². The van der Waals surface area contributed by atoms with Gasteiger partial charge in [0.15, 0.2) is 0 Å². The predicted octanol–water partition coefficient (Wildman–Crippen LogP) is 4.80. The number of amides is 1. The summed E-state index contributed by atoms with van der Waals surface area (Å²) in [6.07, 6.45) is 11.7. The molecule has 1 amide bonds. The van der Waals surface area contributed by atoms with Gasteiger partial charge in [-0.3, -0.25) is 4.79 Å². The second-order valence-corrected chi connectivity index (χ2v) is 8.57. The van der Waals surface area contributed by atoms with E-state index in [-0.39, 0.29) is 11.3 Å². The summed E-state index contributed by atoms with van der Waals surface area (Å²) in [5, 5.41) is 0. The van der Waals surface area contributed by atoms with E-state index in [4.69, 9.17) is 9.47 Å². The summed E-state index contributed by atoms with van der Waals surface area (Å²) in [7, 11) is 3.62. The van der Waals surface area contributed by atoms with Crippen molar-refractivity contribution >= 4 is 5.91 Å². The summed E-state index contributed by atoms with van der Waals surface area (Å²) in [5.41, 5.74) is -0.317. The Morgan fingerprint density at radius 1 is 0.967 bits per heavy atom. The molecule has 1 aromatic heterocycles. The van der Waals surface area contributed by atoms with Crippen molar-refractivity contribution in [3.63, 3.8) is 0 Å². The zero-order valence-electron chi connectivity index (χ0n) is 19.0. The molecule has 30 heavy (non-hydrogen) atoms. The van der Waals surface area contributed by atoms with Crippen LogP contribution >= 0.6 is 0 Å². The van der Waals surface area contributed by atoms with Gasteiger partial charge in [-0.2, -0.15) is 0 Å². The minimum atomic E-state index is -0.317. The molecule has 1 heterocycles. The fourth-order valence-electron chi connectivity index (χ4n) is 3.39. The second kappa shape index (κ2) is 12.3. The van der Waals surface area contributed by atoms with Gasteiger partial charge in [0.1, 0.15) is 11.5 Å². The average molecular weight is 416 g/mol. The zero-order valence-corrected chi connectivity index (χ0v) is 19.0. The quantitative estimate of drug-likeness (QED) is 0.416. The van der Waals surface area contributed by atoms with Crippen LogP contribution in [0.15, 0.2) is 43.0 Å². The van der Waals surface area contributed by atoms with Crippen LogP contribution in [0.1, 0.15) is 52.4 Å². The molecular weight excluding hydrogens is 378 g/mol. The van der Waals surface area contributed by atoms with Crippen molar-refractivity contribution < 1.29 is 14.3 Å². The van der Waals surface area contributed by atoms with E-state index in [9.17, 15) is 4.79 Å². The lowest BCUT2D eigenvalue weighted by Gasteiger charge is -2.27. The summed E-state index contributed by atoms with van der Waals surface area (Å²) in [4.78, 5) is 17.9. The van der Waals surface area contributed by atoms with Gasteiger partial charge in [0, 0.05) is 38.4 Å². The first-order valence-electron chi connectivity index (χ1n) is 10.9. The molecule has 0 aliphatic heterocycles. The van der Waals surface area contributed by atoms with E-state index < -0.39 is 0 Å². The van der Waals surface area contributed by atoms with E-state index in [0.29, 0.717) is 6.61 Å². The molecule has 2 aromatic rings. The maximum absolute atomic E-state index is 12.1. The Kier molecular flexibility index (Phi) is 9.71.